The van der Waals surface area contributed by atoms with Crippen molar-refractivity contribution in [1.82, 2.24) is 0 Å². The molecule has 0 aliphatic rings. The zero-order chi connectivity index (χ0) is 10.6. The molecule has 0 fully saturated rings. The SMILES string of the molecule is COc1ccc([C@H](O)CN)c(OC)c1. The predicted octanol–water partition coefficient (Wildman–Crippen LogP) is 0.696. The highest BCUT2D eigenvalue weighted by molar-refractivity contribution is 5.42. The van der Waals surface area contributed by atoms with Gasteiger partial charge in [-0.3, -0.25) is 0 Å². The molecular formula is C10H15NO3. The molecule has 0 radical (unpaired) electrons. The van der Waals surface area contributed by atoms with E-state index in [0.717, 1.165) is 0 Å². The van der Waals surface area contributed by atoms with Crippen LogP contribution in [0.5, 0.6) is 11.5 Å². The van der Waals surface area contributed by atoms with Gasteiger partial charge in [-0.05, 0) is 12.1 Å². The van der Waals surface area contributed by atoms with Gasteiger partial charge in [-0.2, -0.15) is 0 Å². The van der Waals surface area contributed by atoms with Gasteiger partial charge in [-0.25, -0.2) is 0 Å². The molecule has 78 valence electrons. The maximum Gasteiger partial charge on any atom is 0.128 e. The molecule has 0 amide bonds. The molecule has 0 aliphatic heterocycles. The van der Waals surface area contributed by atoms with Crippen LogP contribution in [0.25, 0.3) is 0 Å². The molecule has 0 heterocycles. The smallest absolute Gasteiger partial charge is 0.128 e. The average molecular weight is 197 g/mol. The standard InChI is InChI=1S/C10H15NO3/c1-13-7-3-4-8(9(12)6-11)10(5-7)14-2/h3-5,9,12H,6,11H2,1-2H3/t9-/m1/s1. The van der Waals surface area contributed by atoms with E-state index < -0.39 is 6.10 Å². The minimum atomic E-state index is -0.698. The zero-order valence-corrected chi connectivity index (χ0v) is 8.36. The summed E-state index contributed by atoms with van der Waals surface area (Å²) in [5.41, 5.74) is 6.04. The molecular weight excluding hydrogens is 182 g/mol. The summed E-state index contributed by atoms with van der Waals surface area (Å²) < 4.78 is 10.1. The number of hydrogen-bond acceptors (Lipinski definition) is 4. The Balaban J connectivity index is 3.04. The molecule has 0 saturated carbocycles. The molecule has 1 atom stereocenters. The highest BCUT2D eigenvalue weighted by atomic mass is 16.5. The lowest BCUT2D eigenvalue weighted by Gasteiger charge is -2.13. The molecule has 1 aromatic carbocycles. The number of ether oxygens (including phenoxy) is 2. The molecule has 0 aliphatic carbocycles. The van der Waals surface area contributed by atoms with Crippen LogP contribution in [-0.2, 0) is 0 Å². The van der Waals surface area contributed by atoms with E-state index in [4.69, 9.17) is 15.2 Å². The zero-order valence-electron chi connectivity index (χ0n) is 8.36. The first kappa shape index (κ1) is 10.8. The fourth-order valence-electron chi connectivity index (χ4n) is 1.22. The van der Waals surface area contributed by atoms with E-state index in [1.54, 1.807) is 32.4 Å². The number of aliphatic hydroxyl groups is 1. The molecule has 0 bridgehead atoms. The third kappa shape index (κ3) is 2.16. The van der Waals surface area contributed by atoms with Gasteiger partial charge < -0.3 is 20.3 Å². The largest absolute Gasteiger partial charge is 0.497 e. The van der Waals surface area contributed by atoms with Gasteiger partial charge in [0.05, 0.1) is 20.3 Å². The van der Waals surface area contributed by atoms with Crippen molar-refractivity contribution in [2.24, 2.45) is 5.73 Å². The van der Waals surface area contributed by atoms with Crippen LogP contribution in [0.2, 0.25) is 0 Å². The van der Waals surface area contributed by atoms with Gasteiger partial charge >= 0.3 is 0 Å². The first-order valence-corrected chi connectivity index (χ1v) is 4.33. The van der Waals surface area contributed by atoms with Crippen LogP contribution in [0.3, 0.4) is 0 Å². The van der Waals surface area contributed by atoms with Gasteiger partial charge in [0.1, 0.15) is 11.5 Å². The Hall–Kier alpha value is -1.26. The number of rotatable bonds is 4. The van der Waals surface area contributed by atoms with E-state index in [1.807, 2.05) is 0 Å². The van der Waals surface area contributed by atoms with Gasteiger partial charge in [0.2, 0.25) is 0 Å². The van der Waals surface area contributed by atoms with Crippen molar-refractivity contribution in [3.63, 3.8) is 0 Å². The molecule has 4 heteroatoms. The second-order valence-electron chi connectivity index (χ2n) is 2.86. The van der Waals surface area contributed by atoms with Crippen LogP contribution in [0, 0.1) is 0 Å². The summed E-state index contributed by atoms with van der Waals surface area (Å²) in [7, 11) is 3.12. The Kier molecular flexibility index (Phi) is 3.73. The second kappa shape index (κ2) is 4.83. The number of benzene rings is 1. The maximum absolute atomic E-state index is 9.56. The van der Waals surface area contributed by atoms with Crippen LogP contribution < -0.4 is 15.2 Å². The van der Waals surface area contributed by atoms with Crippen molar-refractivity contribution < 1.29 is 14.6 Å². The highest BCUT2D eigenvalue weighted by Gasteiger charge is 2.12. The highest BCUT2D eigenvalue weighted by Crippen LogP contribution is 2.28. The van der Waals surface area contributed by atoms with E-state index in [1.165, 1.54) is 0 Å². The van der Waals surface area contributed by atoms with Gasteiger partial charge in [0, 0.05) is 18.2 Å². The fraction of sp³-hybridized carbons (Fsp3) is 0.400. The number of hydrogen-bond donors (Lipinski definition) is 2. The summed E-state index contributed by atoms with van der Waals surface area (Å²) in [6.07, 6.45) is -0.698. The molecule has 0 spiro atoms. The summed E-state index contributed by atoms with van der Waals surface area (Å²) in [5.74, 6) is 1.28. The van der Waals surface area contributed by atoms with Crippen LogP contribution in [0.1, 0.15) is 11.7 Å². The Morgan fingerprint density at radius 3 is 2.57 bits per heavy atom. The lowest BCUT2D eigenvalue weighted by atomic mass is 10.1. The number of methoxy groups -OCH3 is 2. The van der Waals surface area contributed by atoms with Crippen molar-refractivity contribution >= 4 is 0 Å². The normalized spacial score (nSPS) is 12.3. The molecule has 3 N–H and O–H groups in total. The van der Waals surface area contributed by atoms with Gasteiger partial charge in [-0.1, -0.05) is 0 Å². The maximum atomic E-state index is 9.56. The first-order chi connectivity index (χ1) is 6.72. The van der Waals surface area contributed by atoms with E-state index in [0.29, 0.717) is 17.1 Å². The predicted molar refractivity (Wildman–Crippen MR) is 53.6 cm³/mol. The van der Waals surface area contributed by atoms with Crippen molar-refractivity contribution in [2.75, 3.05) is 20.8 Å². The minimum absolute atomic E-state index is 0.169. The average Bonchev–Trinajstić information content (AvgIpc) is 2.27. The molecule has 1 rings (SSSR count). The molecule has 14 heavy (non-hydrogen) atoms. The second-order valence-corrected chi connectivity index (χ2v) is 2.86. The Morgan fingerprint density at radius 1 is 1.36 bits per heavy atom. The quantitative estimate of drug-likeness (QED) is 0.745. The summed E-state index contributed by atoms with van der Waals surface area (Å²) >= 11 is 0. The van der Waals surface area contributed by atoms with Crippen LogP contribution in [-0.4, -0.2) is 25.9 Å². The van der Waals surface area contributed by atoms with E-state index in [9.17, 15) is 5.11 Å². The number of aliphatic hydroxyl groups excluding tert-OH is 1. The van der Waals surface area contributed by atoms with Crippen molar-refractivity contribution in [3.05, 3.63) is 23.8 Å². The molecule has 0 unspecified atom stereocenters. The summed E-state index contributed by atoms with van der Waals surface area (Å²) in [6, 6.07) is 5.22. The van der Waals surface area contributed by atoms with E-state index in [-0.39, 0.29) is 6.54 Å². The van der Waals surface area contributed by atoms with Crippen LogP contribution >= 0.6 is 0 Å². The third-order valence-corrected chi connectivity index (χ3v) is 2.02. The van der Waals surface area contributed by atoms with Crippen molar-refractivity contribution in [3.8, 4) is 11.5 Å². The molecule has 0 saturated heterocycles. The molecule has 0 aromatic heterocycles. The van der Waals surface area contributed by atoms with Crippen molar-refractivity contribution in [2.45, 2.75) is 6.10 Å². The van der Waals surface area contributed by atoms with Gasteiger partial charge in [-0.15, -0.1) is 0 Å². The topological polar surface area (TPSA) is 64.7 Å². The summed E-state index contributed by atoms with van der Waals surface area (Å²) in [5, 5.41) is 9.56. The lowest BCUT2D eigenvalue weighted by molar-refractivity contribution is 0.182. The molecule has 4 nitrogen and oxygen atoms in total. The third-order valence-electron chi connectivity index (χ3n) is 2.02. The molecule has 1 aromatic rings. The van der Waals surface area contributed by atoms with E-state index >= 15 is 0 Å². The first-order valence-electron chi connectivity index (χ1n) is 4.33. The fourth-order valence-corrected chi connectivity index (χ4v) is 1.22. The minimum Gasteiger partial charge on any atom is -0.497 e. The Morgan fingerprint density at radius 2 is 2.07 bits per heavy atom. The number of nitrogens with two attached hydrogens (primary N) is 1. The van der Waals surface area contributed by atoms with Crippen LogP contribution in [0.15, 0.2) is 18.2 Å². The van der Waals surface area contributed by atoms with Gasteiger partial charge in [0.15, 0.2) is 0 Å². The monoisotopic (exact) mass is 197 g/mol. The van der Waals surface area contributed by atoms with E-state index in [2.05, 4.69) is 0 Å². The Labute approximate surface area is 83.3 Å². The van der Waals surface area contributed by atoms with Crippen LogP contribution in [0.4, 0.5) is 0 Å². The van der Waals surface area contributed by atoms with Gasteiger partial charge in [0.25, 0.3) is 0 Å². The summed E-state index contributed by atoms with van der Waals surface area (Å²) in [4.78, 5) is 0. The van der Waals surface area contributed by atoms with Crippen molar-refractivity contribution in [1.29, 1.82) is 0 Å². The Bertz CT molecular complexity index is 301. The summed E-state index contributed by atoms with van der Waals surface area (Å²) in [6.45, 7) is 0.169. The lowest BCUT2D eigenvalue weighted by Crippen LogP contribution is -2.12.